The molecular formula is C35H58O29. The van der Waals surface area contributed by atoms with Gasteiger partial charge in [-0.05, 0) is 0 Å². The Hall–Kier alpha value is -1.16. The summed E-state index contributed by atoms with van der Waals surface area (Å²) in [5.41, 5.74) is 0. The van der Waals surface area contributed by atoms with E-state index in [1.165, 1.54) is 0 Å². The molecule has 7 rings (SSSR count). The van der Waals surface area contributed by atoms with E-state index in [1.807, 2.05) is 0 Å². The Bertz CT molecular complexity index is 1460. The van der Waals surface area contributed by atoms with Crippen LogP contribution in [0.2, 0.25) is 0 Å². The minimum atomic E-state index is -1.88. The van der Waals surface area contributed by atoms with Gasteiger partial charge in [-0.1, -0.05) is 0 Å². The average molecular weight is 943 g/mol. The first-order chi connectivity index (χ1) is 30.4. The first-order valence-electron chi connectivity index (χ1n) is 20.5. The molecule has 0 aromatic carbocycles. The molecule has 7 fully saturated rings. The van der Waals surface area contributed by atoms with E-state index in [1.54, 1.807) is 0 Å². The molecule has 0 saturated carbocycles. The van der Waals surface area contributed by atoms with Gasteiger partial charge in [-0.3, -0.25) is 0 Å². The predicted molar refractivity (Wildman–Crippen MR) is 190 cm³/mol. The molecule has 28 atom stereocenters. The smallest absolute Gasteiger partial charge is 0.187 e. The molecule has 372 valence electrons. The van der Waals surface area contributed by atoms with Crippen LogP contribution in [0.3, 0.4) is 0 Å². The van der Waals surface area contributed by atoms with Crippen LogP contribution in [0, 0.1) is 0 Å². The SMILES string of the molecule is OC[C@@H]1O[C@@H](OC2[C@H](O[C@@H]3CO[C@H](O[C@@H]4CO[C@H](O[C@@H]5CO[C@H](O[C@@H]6CO[C@@H](O[C@@H]7CO[C@@H](O)C(O)[C@H]7O)C(O)[C@H]6O)C(O)[C@H]5O)C(O)[C@H]4O)C(O)[C@H]3O)OC[C@@H](O)[C@@H]2O)C(O)[C@@H]1O. The van der Waals surface area contributed by atoms with Crippen LogP contribution < -0.4 is 0 Å². The van der Waals surface area contributed by atoms with E-state index in [9.17, 15) is 81.7 Å². The highest BCUT2D eigenvalue weighted by Gasteiger charge is 2.53. The Morgan fingerprint density at radius 3 is 1.02 bits per heavy atom. The zero-order chi connectivity index (χ0) is 46.3. The van der Waals surface area contributed by atoms with Crippen molar-refractivity contribution in [1.29, 1.82) is 0 Å². The van der Waals surface area contributed by atoms with Crippen molar-refractivity contribution >= 4 is 0 Å². The molecule has 64 heavy (non-hydrogen) atoms. The summed E-state index contributed by atoms with van der Waals surface area (Å²) in [7, 11) is 0. The van der Waals surface area contributed by atoms with E-state index in [4.69, 9.17) is 61.6 Å². The summed E-state index contributed by atoms with van der Waals surface area (Å²) >= 11 is 0. The van der Waals surface area contributed by atoms with E-state index >= 15 is 0 Å². The van der Waals surface area contributed by atoms with E-state index in [2.05, 4.69) is 0 Å². The van der Waals surface area contributed by atoms with Crippen LogP contribution in [0.1, 0.15) is 0 Å². The van der Waals surface area contributed by atoms with Crippen LogP contribution >= 0.6 is 0 Å². The topological polar surface area (TPSA) is 444 Å². The lowest BCUT2D eigenvalue weighted by atomic mass is 10.0. The lowest BCUT2D eigenvalue weighted by molar-refractivity contribution is -0.368. The van der Waals surface area contributed by atoms with Gasteiger partial charge in [0.1, 0.15) is 128 Å². The van der Waals surface area contributed by atoms with E-state index in [0.717, 1.165) is 0 Å². The summed E-state index contributed by atoms with van der Waals surface area (Å²) in [6, 6.07) is 0. The van der Waals surface area contributed by atoms with Crippen LogP contribution in [0.25, 0.3) is 0 Å². The van der Waals surface area contributed by atoms with Crippen LogP contribution in [-0.2, 0) is 61.6 Å². The molecular weight excluding hydrogens is 884 g/mol. The van der Waals surface area contributed by atoms with Crippen LogP contribution in [0.15, 0.2) is 0 Å². The highest BCUT2D eigenvalue weighted by atomic mass is 16.8. The van der Waals surface area contributed by atoms with Crippen molar-refractivity contribution in [1.82, 2.24) is 0 Å². The van der Waals surface area contributed by atoms with Crippen LogP contribution in [-0.4, -0.2) is 300 Å². The molecule has 7 aliphatic rings. The van der Waals surface area contributed by atoms with Gasteiger partial charge in [0.2, 0.25) is 0 Å². The van der Waals surface area contributed by atoms with Crippen molar-refractivity contribution in [2.45, 2.75) is 172 Å². The fourth-order valence-corrected chi connectivity index (χ4v) is 7.95. The third-order valence-electron chi connectivity index (χ3n) is 12.0. The Morgan fingerprint density at radius 2 is 0.641 bits per heavy atom. The lowest BCUT2D eigenvalue weighted by Crippen LogP contribution is -2.63. The summed E-state index contributed by atoms with van der Waals surface area (Å²) in [6.45, 7) is -3.49. The summed E-state index contributed by atoms with van der Waals surface area (Å²) < 4.78 is 71.2. The molecule has 0 spiro atoms. The molecule has 16 N–H and O–H groups in total. The fourth-order valence-electron chi connectivity index (χ4n) is 7.95. The van der Waals surface area contributed by atoms with Gasteiger partial charge < -0.3 is 143 Å². The maximum Gasteiger partial charge on any atom is 0.187 e. The fraction of sp³-hybridized carbons (Fsp3) is 1.00. The molecule has 0 aliphatic carbocycles. The maximum absolute atomic E-state index is 11.0. The molecule has 7 unspecified atom stereocenters. The van der Waals surface area contributed by atoms with Gasteiger partial charge in [-0.15, -0.1) is 0 Å². The Morgan fingerprint density at radius 1 is 0.312 bits per heavy atom. The molecule has 0 amide bonds. The third kappa shape index (κ3) is 10.7. The molecule has 7 heterocycles. The van der Waals surface area contributed by atoms with Crippen molar-refractivity contribution in [2.24, 2.45) is 0 Å². The van der Waals surface area contributed by atoms with Gasteiger partial charge in [0.15, 0.2) is 44.0 Å². The number of aliphatic hydroxyl groups excluding tert-OH is 16. The van der Waals surface area contributed by atoms with Crippen molar-refractivity contribution in [3.8, 4) is 0 Å². The second kappa shape index (κ2) is 21.6. The van der Waals surface area contributed by atoms with Gasteiger partial charge in [-0.2, -0.15) is 0 Å². The zero-order valence-electron chi connectivity index (χ0n) is 33.6. The van der Waals surface area contributed by atoms with Crippen molar-refractivity contribution < 1.29 is 143 Å². The minimum absolute atomic E-state index is 0.378. The largest absolute Gasteiger partial charge is 0.394 e. The van der Waals surface area contributed by atoms with Crippen molar-refractivity contribution in [3.63, 3.8) is 0 Å². The number of rotatable bonds is 13. The molecule has 0 aromatic heterocycles. The molecule has 0 aromatic rings. The average Bonchev–Trinajstić information content (AvgIpc) is 3.55. The van der Waals surface area contributed by atoms with Crippen LogP contribution in [0.5, 0.6) is 0 Å². The van der Waals surface area contributed by atoms with Gasteiger partial charge in [0, 0.05) is 0 Å². The number of hydrogen-bond donors (Lipinski definition) is 16. The summed E-state index contributed by atoms with van der Waals surface area (Å²) in [4.78, 5) is 0. The minimum Gasteiger partial charge on any atom is -0.394 e. The molecule has 7 aliphatic heterocycles. The molecule has 7 saturated heterocycles. The lowest BCUT2D eigenvalue weighted by Gasteiger charge is -2.45. The predicted octanol–water partition coefficient (Wildman–Crippen LogP) is -11.8. The standard InChI is InChI=1S/C35H58O29/c36-1-9-16(39)27(50)34(58-9)64-28-15(38)8(37)2-53-35(28)63-14-7-57-33(26(49)21(14)44)62-13-6-56-32(25(48)20(13)43)61-12-5-55-31(24(47)19(12)42)60-11-4-54-30(23(46)18(11)41)59-10-3-52-29(51)22(45)17(10)40/h8-51H,1-7H2/t8-,9+,10-,11-,12-,13-,14-,15+,16-,17+,18+,19+,20+,21+,22?,23?,24?,25?,26?,27?,28?,29-,30+,31-,32-,33-,34+,35+/m1/s1. The van der Waals surface area contributed by atoms with Gasteiger partial charge in [0.05, 0.1) is 46.2 Å². The maximum atomic E-state index is 11.0. The third-order valence-corrected chi connectivity index (χ3v) is 12.0. The first kappa shape index (κ1) is 50.7. The Kier molecular flexibility index (Phi) is 17.1. The summed E-state index contributed by atoms with van der Waals surface area (Å²) in [5.74, 6) is 0. The highest BCUT2D eigenvalue weighted by molar-refractivity contribution is 4.95. The van der Waals surface area contributed by atoms with Crippen molar-refractivity contribution in [2.75, 3.05) is 46.2 Å². The number of aliphatic hydroxyl groups is 16. The number of ether oxygens (including phenoxy) is 13. The molecule has 29 nitrogen and oxygen atoms in total. The number of hydrogen-bond acceptors (Lipinski definition) is 29. The molecule has 29 heteroatoms. The Labute approximate surface area is 361 Å². The second-order valence-corrected chi connectivity index (χ2v) is 16.4. The summed E-state index contributed by atoms with van der Waals surface area (Å²) in [6.07, 6.45) is -45.1. The quantitative estimate of drug-likeness (QED) is 0.0815. The van der Waals surface area contributed by atoms with Crippen LogP contribution in [0.4, 0.5) is 0 Å². The molecule has 0 bridgehead atoms. The van der Waals surface area contributed by atoms with Gasteiger partial charge >= 0.3 is 0 Å². The first-order valence-corrected chi connectivity index (χ1v) is 20.5. The van der Waals surface area contributed by atoms with Gasteiger partial charge in [0.25, 0.3) is 0 Å². The summed E-state index contributed by atoms with van der Waals surface area (Å²) in [5, 5.41) is 167. The second-order valence-electron chi connectivity index (χ2n) is 16.4. The highest BCUT2D eigenvalue weighted by Crippen LogP contribution is 2.33. The monoisotopic (exact) mass is 942 g/mol. The zero-order valence-corrected chi connectivity index (χ0v) is 33.6. The molecule has 0 radical (unpaired) electrons. The van der Waals surface area contributed by atoms with E-state index in [0.29, 0.717) is 0 Å². The van der Waals surface area contributed by atoms with E-state index < -0.39 is 212 Å². The van der Waals surface area contributed by atoms with Gasteiger partial charge in [-0.25, -0.2) is 0 Å². The van der Waals surface area contributed by atoms with E-state index in [-0.39, 0.29) is 6.61 Å². The van der Waals surface area contributed by atoms with Crippen molar-refractivity contribution in [3.05, 3.63) is 0 Å². The Balaban J connectivity index is 0.853. The normalized spacial score (nSPS) is 54.2.